The zero-order valence-electron chi connectivity index (χ0n) is 11.5. The molecular formula is C12H25N3O3. The summed E-state index contributed by atoms with van der Waals surface area (Å²) in [7, 11) is 1.58. The first-order chi connectivity index (χ1) is 8.61. The maximum absolute atomic E-state index is 11.6. The first-order valence-electron chi connectivity index (χ1n) is 6.38. The lowest BCUT2D eigenvalue weighted by atomic mass is 10.3. The summed E-state index contributed by atoms with van der Waals surface area (Å²) in [5, 5.41) is 8.35. The van der Waals surface area contributed by atoms with Gasteiger partial charge in [0.2, 0.25) is 11.8 Å². The number of carbonyl (C=O) groups is 2. The molecule has 0 saturated heterocycles. The highest BCUT2D eigenvalue weighted by molar-refractivity contribution is 5.83. The van der Waals surface area contributed by atoms with Crippen molar-refractivity contribution < 1.29 is 14.3 Å². The summed E-state index contributed by atoms with van der Waals surface area (Å²) in [4.78, 5) is 22.9. The number of nitrogens with one attached hydrogen (secondary N) is 3. The fraction of sp³-hybridized carbons (Fsp3) is 0.833. The van der Waals surface area contributed by atoms with E-state index in [0.717, 1.165) is 12.8 Å². The Kier molecular flexibility index (Phi) is 10.3. The summed E-state index contributed by atoms with van der Waals surface area (Å²) in [5.41, 5.74) is 0. The molecule has 0 aliphatic heterocycles. The van der Waals surface area contributed by atoms with E-state index in [9.17, 15) is 9.59 Å². The Morgan fingerprint density at radius 3 is 2.56 bits per heavy atom. The van der Waals surface area contributed by atoms with Crippen molar-refractivity contribution in [3.8, 4) is 0 Å². The summed E-state index contributed by atoms with van der Waals surface area (Å²) in [6, 6.07) is -0.366. The Morgan fingerprint density at radius 1 is 1.22 bits per heavy atom. The van der Waals surface area contributed by atoms with Gasteiger partial charge in [0.1, 0.15) is 0 Å². The van der Waals surface area contributed by atoms with Crippen LogP contribution in [-0.4, -0.2) is 51.2 Å². The van der Waals surface area contributed by atoms with Gasteiger partial charge in [-0.2, -0.15) is 0 Å². The molecule has 0 fully saturated rings. The molecule has 2 amide bonds. The van der Waals surface area contributed by atoms with Crippen LogP contribution in [-0.2, 0) is 14.3 Å². The molecule has 1 unspecified atom stereocenters. The average Bonchev–Trinajstić information content (AvgIpc) is 2.36. The van der Waals surface area contributed by atoms with Gasteiger partial charge in [0.15, 0.2) is 0 Å². The fourth-order valence-corrected chi connectivity index (χ4v) is 1.23. The fourth-order valence-electron chi connectivity index (χ4n) is 1.23. The quantitative estimate of drug-likeness (QED) is 0.468. The van der Waals surface area contributed by atoms with Gasteiger partial charge in [-0.25, -0.2) is 0 Å². The van der Waals surface area contributed by atoms with Crippen molar-refractivity contribution in [2.45, 2.75) is 32.7 Å². The second kappa shape index (κ2) is 11.0. The Morgan fingerprint density at radius 2 is 1.94 bits per heavy atom. The second-order valence-corrected chi connectivity index (χ2v) is 4.09. The Labute approximate surface area is 109 Å². The molecule has 0 aliphatic carbocycles. The minimum atomic E-state index is -0.366. The highest BCUT2D eigenvalue weighted by atomic mass is 16.5. The largest absolute Gasteiger partial charge is 0.383 e. The number of hydrogen-bond donors (Lipinski definition) is 3. The number of carbonyl (C=O) groups excluding carboxylic acids is 2. The minimum Gasteiger partial charge on any atom is -0.383 e. The van der Waals surface area contributed by atoms with Crippen LogP contribution in [0.1, 0.15) is 26.7 Å². The lowest BCUT2D eigenvalue weighted by Crippen LogP contribution is -2.46. The summed E-state index contributed by atoms with van der Waals surface area (Å²) >= 11 is 0. The van der Waals surface area contributed by atoms with E-state index in [2.05, 4.69) is 22.9 Å². The molecule has 18 heavy (non-hydrogen) atoms. The first-order valence-corrected chi connectivity index (χ1v) is 6.38. The lowest BCUT2D eigenvalue weighted by molar-refractivity contribution is -0.123. The maximum Gasteiger partial charge on any atom is 0.236 e. The number of rotatable bonds is 10. The van der Waals surface area contributed by atoms with Crippen molar-refractivity contribution in [3.63, 3.8) is 0 Å². The predicted octanol–water partition coefficient (Wildman–Crippen LogP) is -0.357. The van der Waals surface area contributed by atoms with Crippen molar-refractivity contribution in [1.82, 2.24) is 16.0 Å². The number of amides is 2. The summed E-state index contributed by atoms with van der Waals surface area (Å²) in [6.45, 7) is 5.59. The molecule has 3 N–H and O–H groups in total. The highest BCUT2D eigenvalue weighted by Crippen LogP contribution is 1.85. The maximum atomic E-state index is 11.6. The molecule has 0 bridgehead atoms. The number of unbranched alkanes of at least 4 members (excludes halogenated alkanes) is 1. The van der Waals surface area contributed by atoms with Gasteiger partial charge in [-0.15, -0.1) is 0 Å². The lowest BCUT2D eigenvalue weighted by Gasteiger charge is -2.13. The van der Waals surface area contributed by atoms with Crippen molar-refractivity contribution in [3.05, 3.63) is 0 Å². The first kappa shape index (κ1) is 16.9. The van der Waals surface area contributed by atoms with Crippen LogP contribution in [0, 0.1) is 0 Å². The van der Waals surface area contributed by atoms with E-state index in [0.29, 0.717) is 19.7 Å². The van der Waals surface area contributed by atoms with E-state index in [1.54, 1.807) is 14.0 Å². The van der Waals surface area contributed by atoms with Gasteiger partial charge < -0.3 is 15.4 Å². The summed E-state index contributed by atoms with van der Waals surface area (Å²) in [6.07, 6.45) is 2.01. The SMILES string of the molecule is CCCCNC(=O)C(C)NCC(=O)NCCOC. The van der Waals surface area contributed by atoms with E-state index in [1.165, 1.54) is 0 Å². The standard InChI is InChI=1S/C12H25N3O3/c1-4-5-6-14-12(17)10(2)15-9-11(16)13-7-8-18-3/h10,15H,4-9H2,1-3H3,(H,13,16)(H,14,17). The molecule has 0 aromatic carbocycles. The van der Waals surface area contributed by atoms with Gasteiger partial charge in [0.05, 0.1) is 19.2 Å². The van der Waals surface area contributed by atoms with Gasteiger partial charge in [-0.05, 0) is 13.3 Å². The van der Waals surface area contributed by atoms with Crippen LogP contribution >= 0.6 is 0 Å². The molecule has 1 atom stereocenters. The van der Waals surface area contributed by atoms with Crippen LogP contribution < -0.4 is 16.0 Å². The normalized spacial score (nSPS) is 11.9. The third-order valence-corrected chi connectivity index (χ3v) is 2.42. The number of methoxy groups -OCH3 is 1. The van der Waals surface area contributed by atoms with Gasteiger partial charge in [0.25, 0.3) is 0 Å². The molecule has 0 saturated carbocycles. The van der Waals surface area contributed by atoms with Gasteiger partial charge >= 0.3 is 0 Å². The Balaban J connectivity index is 3.64. The topological polar surface area (TPSA) is 79.5 Å². The molecule has 0 spiro atoms. The number of ether oxygens (including phenoxy) is 1. The van der Waals surface area contributed by atoms with Crippen molar-refractivity contribution >= 4 is 11.8 Å². The molecular weight excluding hydrogens is 234 g/mol. The van der Waals surface area contributed by atoms with Gasteiger partial charge in [-0.1, -0.05) is 13.3 Å². The van der Waals surface area contributed by atoms with Gasteiger partial charge in [-0.3, -0.25) is 14.9 Å². The van der Waals surface area contributed by atoms with E-state index < -0.39 is 0 Å². The molecule has 0 heterocycles. The highest BCUT2D eigenvalue weighted by Gasteiger charge is 2.12. The smallest absolute Gasteiger partial charge is 0.236 e. The summed E-state index contributed by atoms with van der Waals surface area (Å²) in [5.74, 6) is -0.214. The van der Waals surface area contributed by atoms with Crippen LogP contribution in [0.25, 0.3) is 0 Å². The average molecular weight is 259 g/mol. The molecule has 0 aliphatic rings. The van der Waals surface area contributed by atoms with Crippen LogP contribution in [0.2, 0.25) is 0 Å². The third-order valence-electron chi connectivity index (χ3n) is 2.42. The molecule has 0 aromatic rings. The van der Waals surface area contributed by atoms with Crippen LogP contribution in [0.15, 0.2) is 0 Å². The molecule has 0 aromatic heterocycles. The van der Waals surface area contributed by atoms with E-state index in [-0.39, 0.29) is 24.4 Å². The van der Waals surface area contributed by atoms with Crippen molar-refractivity contribution in [2.75, 3.05) is 33.4 Å². The van der Waals surface area contributed by atoms with Crippen molar-refractivity contribution in [1.29, 1.82) is 0 Å². The second-order valence-electron chi connectivity index (χ2n) is 4.09. The van der Waals surface area contributed by atoms with E-state index in [4.69, 9.17) is 4.74 Å². The zero-order chi connectivity index (χ0) is 13.8. The Hall–Kier alpha value is -1.14. The Bertz CT molecular complexity index is 247. The molecule has 6 nitrogen and oxygen atoms in total. The van der Waals surface area contributed by atoms with Crippen molar-refractivity contribution in [2.24, 2.45) is 0 Å². The summed E-state index contributed by atoms with van der Waals surface area (Å²) < 4.78 is 4.81. The monoisotopic (exact) mass is 259 g/mol. The zero-order valence-corrected chi connectivity index (χ0v) is 11.5. The molecule has 0 rings (SSSR count). The number of hydrogen-bond acceptors (Lipinski definition) is 4. The van der Waals surface area contributed by atoms with Crippen LogP contribution in [0.4, 0.5) is 0 Å². The molecule has 0 radical (unpaired) electrons. The van der Waals surface area contributed by atoms with E-state index >= 15 is 0 Å². The predicted molar refractivity (Wildman–Crippen MR) is 70.3 cm³/mol. The van der Waals surface area contributed by atoms with Gasteiger partial charge in [0, 0.05) is 20.2 Å². The van der Waals surface area contributed by atoms with E-state index in [1.807, 2.05) is 0 Å². The minimum absolute atomic E-state index is 0.0758. The van der Waals surface area contributed by atoms with Crippen LogP contribution in [0.5, 0.6) is 0 Å². The molecule has 6 heteroatoms. The van der Waals surface area contributed by atoms with Crippen LogP contribution in [0.3, 0.4) is 0 Å². The molecule has 106 valence electrons. The third kappa shape index (κ3) is 8.95.